The normalized spacial score (nSPS) is 12.5. The highest BCUT2D eigenvalue weighted by Gasteiger charge is 2.17. The van der Waals surface area contributed by atoms with Gasteiger partial charge in [0.2, 0.25) is 0 Å². The fourth-order valence-corrected chi connectivity index (χ4v) is 2.41. The zero-order chi connectivity index (χ0) is 15.3. The van der Waals surface area contributed by atoms with Gasteiger partial charge in [-0.1, -0.05) is 26.7 Å². The highest BCUT2D eigenvalue weighted by atomic mass is 79.9. The Morgan fingerprint density at radius 3 is 2.60 bits per heavy atom. The van der Waals surface area contributed by atoms with Crippen LogP contribution in [0.4, 0.5) is 11.5 Å². The number of hydrogen-bond acceptors (Lipinski definition) is 4. The minimum atomic E-state index is -0.414. The molecule has 6 heteroatoms. The Balaban J connectivity index is 2.69. The molecule has 0 aliphatic heterocycles. The molecule has 0 radical (unpaired) electrons. The maximum Gasteiger partial charge on any atom is 0.291 e. The molecule has 0 aromatic carbocycles. The van der Waals surface area contributed by atoms with Crippen LogP contribution >= 0.6 is 15.9 Å². The number of halogens is 1. The summed E-state index contributed by atoms with van der Waals surface area (Å²) in [5, 5.41) is 14.1. The van der Waals surface area contributed by atoms with E-state index in [1.165, 1.54) is 12.6 Å². The average molecular weight is 344 g/mol. The Bertz CT molecular complexity index is 478. The largest absolute Gasteiger partial charge is 0.367 e. The second kappa shape index (κ2) is 7.57. The molecule has 0 bridgehead atoms. The summed E-state index contributed by atoms with van der Waals surface area (Å²) in [6.45, 7) is 8.26. The topological polar surface area (TPSA) is 68.1 Å². The van der Waals surface area contributed by atoms with Gasteiger partial charge in [-0.05, 0) is 42.1 Å². The highest BCUT2D eigenvalue weighted by Crippen LogP contribution is 2.31. The first-order valence-electron chi connectivity index (χ1n) is 6.89. The Labute approximate surface area is 128 Å². The molecule has 1 rings (SSSR count). The van der Waals surface area contributed by atoms with E-state index in [-0.39, 0.29) is 5.69 Å². The second-order valence-electron chi connectivity index (χ2n) is 5.56. The van der Waals surface area contributed by atoms with Gasteiger partial charge in [0.25, 0.3) is 5.69 Å². The van der Waals surface area contributed by atoms with Crippen molar-refractivity contribution in [3.63, 3.8) is 0 Å². The fraction of sp³-hybridized carbons (Fsp3) is 0.643. The lowest BCUT2D eigenvalue weighted by molar-refractivity contribution is -0.385. The van der Waals surface area contributed by atoms with Gasteiger partial charge in [0.05, 0.1) is 9.40 Å². The molecule has 0 fully saturated rings. The number of aromatic nitrogens is 1. The molecule has 1 atom stereocenters. The summed E-state index contributed by atoms with van der Waals surface area (Å²) in [7, 11) is 0. The lowest BCUT2D eigenvalue weighted by Gasteiger charge is -2.16. The number of nitrogens with zero attached hydrogens (tertiary/aromatic N) is 2. The number of nitrogens with one attached hydrogen (secondary N) is 1. The molecule has 20 heavy (non-hydrogen) atoms. The highest BCUT2D eigenvalue weighted by molar-refractivity contribution is 9.10. The SMILES string of the molecule is Cc1c([N+](=O)[O-])cnc(NC(C)CCCC(C)C)c1Br. The monoisotopic (exact) mass is 343 g/mol. The van der Waals surface area contributed by atoms with Crippen molar-refractivity contribution in [3.05, 3.63) is 26.3 Å². The third-order valence-electron chi connectivity index (χ3n) is 3.24. The molecular formula is C14H22BrN3O2. The van der Waals surface area contributed by atoms with Crippen molar-refractivity contribution in [2.75, 3.05) is 5.32 Å². The summed E-state index contributed by atoms with van der Waals surface area (Å²) >= 11 is 3.39. The van der Waals surface area contributed by atoms with Crippen molar-refractivity contribution in [1.82, 2.24) is 4.98 Å². The molecule has 0 aliphatic rings. The molecule has 5 nitrogen and oxygen atoms in total. The van der Waals surface area contributed by atoms with Crippen LogP contribution in [0.3, 0.4) is 0 Å². The molecule has 1 N–H and O–H groups in total. The Morgan fingerprint density at radius 1 is 1.40 bits per heavy atom. The number of rotatable bonds is 7. The quantitative estimate of drug-likeness (QED) is 0.576. The molecule has 1 heterocycles. The van der Waals surface area contributed by atoms with Crippen LogP contribution in [0, 0.1) is 23.0 Å². The predicted octanol–water partition coefficient (Wildman–Crippen LogP) is 4.69. The first-order valence-corrected chi connectivity index (χ1v) is 7.68. The summed E-state index contributed by atoms with van der Waals surface area (Å²) < 4.78 is 0.669. The number of hydrogen-bond donors (Lipinski definition) is 1. The zero-order valence-corrected chi connectivity index (χ0v) is 14.0. The molecule has 112 valence electrons. The molecular weight excluding hydrogens is 322 g/mol. The van der Waals surface area contributed by atoms with Gasteiger partial charge in [0.1, 0.15) is 12.0 Å². The minimum absolute atomic E-state index is 0.0369. The van der Waals surface area contributed by atoms with E-state index >= 15 is 0 Å². The standard InChI is InChI=1S/C14H22BrN3O2/c1-9(2)6-5-7-10(3)17-14-13(15)11(4)12(8-16-14)18(19)20/h8-10H,5-7H2,1-4H3,(H,16,17). The molecule has 0 saturated heterocycles. The third kappa shape index (κ3) is 4.74. The molecule has 0 spiro atoms. The number of pyridine rings is 1. The van der Waals surface area contributed by atoms with Crippen LogP contribution in [0.25, 0.3) is 0 Å². The van der Waals surface area contributed by atoms with Gasteiger partial charge >= 0.3 is 0 Å². The Hall–Kier alpha value is -1.17. The molecule has 0 aliphatic carbocycles. The lowest BCUT2D eigenvalue weighted by atomic mass is 10.0. The van der Waals surface area contributed by atoms with Gasteiger partial charge in [-0.15, -0.1) is 0 Å². The summed E-state index contributed by atoms with van der Waals surface area (Å²) in [6, 6.07) is 0.290. The first-order chi connectivity index (χ1) is 9.32. The maximum absolute atomic E-state index is 10.8. The van der Waals surface area contributed by atoms with Crippen LogP contribution < -0.4 is 5.32 Å². The van der Waals surface area contributed by atoms with Crippen molar-refractivity contribution in [2.45, 2.75) is 53.0 Å². The van der Waals surface area contributed by atoms with Crippen molar-refractivity contribution in [1.29, 1.82) is 0 Å². The number of nitro groups is 1. The summed E-state index contributed by atoms with van der Waals surface area (Å²) in [6.07, 6.45) is 4.74. The minimum Gasteiger partial charge on any atom is -0.367 e. The van der Waals surface area contributed by atoms with Crippen LogP contribution in [0.2, 0.25) is 0 Å². The van der Waals surface area contributed by atoms with Gasteiger partial charge in [-0.3, -0.25) is 10.1 Å². The molecule has 0 amide bonds. The van der Waals surface area contributed by atoms with E-state index < -0.39 is 4.92 Å². The molecule has 1 unspecified atom stereocenters. The predicted molar refractivity (Wildman–Crippen MR) is 85.1 cm³/mol. The van der Waals surface area contributed by atoms with Gasteiger partial charge in [0.15, 0.2) is 0 Å². The summed E-state index contributed by atoms with van der Waals surface area (Å²) in [5.41, 5.74) is 0.636. The van der Waals surface area contributed by atoms with Crippen LogP contribution in [0.5, 0.6) is 0 Å². The average Bonchev–Trinajstić information content (AvgIpc) is 2.34. The maximum atomic E-state index is 10.8. The fourth-order valence-electron chi connectivity index (χ4n) is 1.99. The summed E-state index contributed by atoms with van der Waals surface area (Å²) in [5.74, 6) is 1.39. The van der Waals surface area contributed by atoms with Crippen molar-refractivity contribution < 1.29 is 4.92 Å². The van der Waals surface area contributed by atoms with E-state index in [2.05, 4.69) is 47.0 Å². The summed E-state index contributed by atoms with van der Waals surface area (Å²) in [4.78, 5) is 14.6. The number of anilines is 1. The molecule has 0 saturated carbocycles. The van der Waals surface area contributed by atoms with Gasteiger partial charge in [-0.25, -0.2) is 4.98 Å². The van der Waals surface area contributed by atoms with Gasteiger partial charge in [0, 0.05) is 11.6 Å². The van der Waals surface area contributed by atoms with Crippen molar-refractivity contribution in [3.8, 4) is 0 Å². The van der Waals surface area contributed by atoms with Gasteiger partial charge < -0.3 is 5.32 Å². The lowest BCUT2D eigenvalue weighted by Crippen LogP contribution is -2.17. The van der Waals surface area contributed by atoms with E-state index in [4.69, 9.17) is 0 Å². The van der Waals surface area contributed by atoms with Crippen molar-refractivity contribution in [2.24, 2.45) is 5.92 Å². The zero-order valence-electron chi connectivity index (χ0n) is 12.4. The van der Waals surface area contributed by atoms with E-state index in [0.717, 1.165) is 12.8 Å². The Kier molecular flexibility index (Phi) is 6.39. The van der Waals surface area contributed by atoms with Crippen molar-refractivity contribution >= 4 is 27.4 Å². The second-order valence-corrected chi connectivity index (χ2v) is 6.35. The van der Waals surface area contributed by atoms with E-state index in [9.17, 15) is 10.1 Å². The Morgan fingerprint density at radius 2 is 2.05 bits per heavy atom. The van der Waals surface area contributed by atoms with Crippen LogP contribution in [0.1, 0.15) is 45.6 Å². The molecule has 1 aromatic heterocycles. The van der Waals surface area contributed by atoms with Crippen LogP contribution in [0.15, 0.2) is 10.7 Å². The van der Waals surface area contributed by atoms with E-state index in [0.29, 0.717) is 27.8 Å². The van der Waals surface area contributed by atoms with Crippen LogP contribution in [-0.2, 0) is 0 Å². The third-order valence-corrected chi connectivity index (χ3v) is 4.21. The molecule has 1 aromatic rings. The smallest absolute Gasteiger partial charge is 0.291 e. The van der Waals surface area contributed by atoms with Crippen LogP contribution in [-0.4, -0.2) is 15.9 Å². The van der Waals surface area contributed by atoms with E-state index in [1.54, 1.807) is 6.92 Å². The first kappa shape index (κ1) is 16.9. The van der Waals surface area contributed by atoms with Gasteiger partial charge in [-0.2, -0.15) is 0 Å². The van der Waals surface area contributed by atoms with E-state index in [1.807, 2.05) is 0 Å².